The summed E-state index contributed by atoms with van der Waals surface area (Å²) in [6.07, 6.45) is 2.05. The third kappa shape index (κ3) is 8.06. The molecule has 1 aromatic carbocycles. The van der Waals surface area contributed by atoms with Gasteiger partial charge in [0, 0.05) is 46.1 Å². The molecule has 2 aromatic rings. The predicted octanol–water partition coefficient (Wildman–Crippen LogP) is 4.03. The third-order valence-electron chi connectivity index (χ3n) is 5.97. The van der Waals surface area contributed by atoms with Crippen molar-refractivity contribution in [3.63, 3.8) is 0 Å². The van der Waals surface area contributed by atoms with E-state index < -0.39 is 18.1 Å². The fourth-order valence-electron chi connectivity index (χ4n) is 4.02. The minimum atomic E-state index is -1.07. The van der Waals surface area contributed by atoms with Gasteiger partial charge in [-0.05, 0) is 51.8 Å². The number of ether oxygens (including phenoxy) is 1. The molecule has 11 heteroatoms. The number of benzene rings is 1. The monoisotopic (exact) mass is 528 g/mol. The van der Waals surface area contributed by atoms with Crippen molar-refractivity contribution in [1.29, 1.82) is 0 Å². The molecule has 0 saturated heterocycles. The lowest BCUT2D eigenvalue weighted by Crippen LogP contribution is -2.38. The zero-order valence-electron chi connectivity index (χ0n) is 23.4. The van der Waals surface area contributed by atoms with Crippen LogP contribution in [0.15, 0.2) is 30.5 Å². The Kier molecular flexibility index (Phi) is 11.3. The van der Waals surface area contributed by atoms with Crippen molar-refractivity contribution in [2.24, 2.45) is 0 Å². The molecular formula is C27H40N6O5. The number of carbonyl (C=O) groups is 3. The predicted molar refractivity (Wildman–Crippen MR) is 148 cm³/mol. The highest BCUT2D eigenvalue weighted by molar-refractivity contribution is 5.95. The Morgan fingerprint density at radius 3 is 2.21 bits per heavy atom. The first-order valence-corrected chi connectivity index (χ1v) is 12.9. The number of hydrogen-bond donors (Lipinski definition) is 2. The van der Waals surface area contributed by atoms with Gasteiger partial charge in [0.25, 0.3) is 0 Å². The largest absolute Gasteiger partial charge is 0.480 e. The normalized spacial score (nSPS) is 11.6. The number of carboxylic acid groups (broad SMARTS) is 1. The number of nitrogens with one attached hydrogen (secondary N) is 1. The van der Waals surface area contributed by atoms with Gasteiger partial charge in [-0.15, -0.1) is 0 Å². The molecule has 1 atom stereocenters. The number of aliphatic carboxylic acids is 1. The van der Waals surface area contributed by atoms with Crippen molar-refractivity contribution in [2.75, 3.05) is 41.8 Å². The molecule has 0 aliphatic rings. The highest BCUT2D eigenvalue weighted by Crippen LogP contribution is 2.28. The summed E-state index contributed by atoms with van der Waals surface area (Å²) >= 11 is 0. The SMILES string of the molecule is CCCN(C)C(=O)Oc1ccc(CC(Nc2nc(N(CC)CC)ncc2N(C(C)=O)C(C)C)C(=O)O)cc1. The summed E-state index contributed by atoms with van der Waals surface area (Å²) in [4.78, 5) is 50.9. The standard InChI is InChI=1S/C27H40N6O5/c1-8-15-31(7)27(37)38-21-13-11-20(12-14-21)16-22(25(35)36)29-24-23(33(18(4)5)19(6)34)17-28-26(30-24)32(9-2)10-3/h11-14,17-18,22H,8-10,15-16H2,1-7H3,(H,35,36)(H,28,29,30). The molecule has 0 radical (unpaired) electrons. The van der Waals surface area contributed by atoms with E-state index in [0.29, 0.717) is 37.0 Å². The van der Waals surface area contributed by atoms with E-state index in [4.69, 9.17) is 4.74 Å². The van der Waals surface area contributed by atoms with Crippen LogP contribution >= 0.6 is 0 Å². The minimum absolute atomic E-state index is 0.130. The molecule has 208 valence electrons. The summed E-state index contributed by atoms with van der Waals surface area (Å²) in [6, 6.07) is 5.48. The van der Waals surface area contributed by atoms with Gasteiger partial charge >= 0.3 is 12.1 Å². The first-order chi connectivity index (χ1) is 18.0. The Balaban J connectivity index is 2.34. The van der Waals surface area contributed by atoms with Crippen LogP contribution in [0.5, 0.6) is 5.75 Å². The van der Waals surface area contributed by atoms with Gasteiger partial charge in [0.05, 0.1) is 6.20 Å². The molecule has 0 fully saturated rings. The van der Waals surface area contributed by atoms with E-state index in [1.807, 2.05) is 39.5 Å². The lowest BCUT2D eigenvalue weighted by atomic mass is 10.1. The summed E-state index contributed by atoms with van der Waals surface area (Å²) in [6.45, 7) is 13.0. The Morgan fingerprint density at radius 1 is 1.08 bits per heavy atom. The molecule has 1 unspecified atom stereocenters. The van der Waals surface area contributed by atoms with Crippen LogP contribution < -0.4 is 19.9 Å². The van der Waals surface area contributed by atoms with Gasteiger partial charge in [0.2, 0.25) is 11.9 Å². The van der Waals surface area contributed by atoms with E-state index in [0.717, 1.165) is 12.0 Å². The zero-order chi connectivity index (χ0) is 28.4. The molecule has 2 N–H and O–H groups in total. The number of nitrogens with zero attached hydrogens (tertiary/aromatic N) is 5. The van der Waals surface area contributed by atoms with E-state index in [1.165, 1.54) is 16.7 Å². The van der Waals surface area contributed by atoms with Crippen molar-refractivity contribution in [2.45, 2.75) is 66.5 Å². The van der Waals surface area contributed by atoms with E-state index in [-0.39, 0.29) is 24.2 Å². The first-order valence-electron chi connectivity index (χ1n) is 12.9. The van der Waals surface area contributed by atoms with Crippen LogP contribution in [0.1, 0.15) is 53.5 Å². The molecule has 1 aromatic heterocycles. The quantitative estimate of drug-likeness (QED) is 0.396. The van der Waals surface area contributed by atoms with Gasteiger partial charge in [-0.3, -0.25) is 4.79 Å². The van der Waals surface area contributed by atoms with E-state index in [9.17, 15) is 19.5 Å². The number of carboxylic acids is 1. The Morgan fingerprint density at radius 2 is 1.71 bits per heavy atom. The van der Waals surface area contributed by atoms with Gasteiger partial charge < -0.3 is 29.9 Å². The van der Waals surface area contributed by atoms with Crippen molar-refractivity contribution >= 4 is 35.4 Å². The summed E-state index contributed by atoms with van der Waals surface area (Å²) in [5.41, 5.74) is 1.13. The second kappa shape index (κ2) is 14.2. The molecule has 0 spiro atoms. The molecule has 1 heterocycles. The van der Waals surface area contributed by atoms with Crippen LogP contribution in [0.3, 0.4) is 0 Å². The molecule has 0 aliphatic carbocycles. The number of anilines is 3. The number of rotatable bonds is 13. The van der Waals surface area contributed by atoms with Crippen LogP contribution in [0.25, 0.3) is 0 Å². The number of aromatic nitrogens is 2. The minimum Gasteiger partial charge on any atom is -0.480 e. The van der Waals surface area contributed by atoms with Gasteiger partial charge in [-0.1, -0.05) is 19.1 Å². The molecule has 0 bridgehead atoms. The lowest BCUT2D eigenvalue weighted by molar-refractivity contribution is -0.137. The van der Waals surface area contributed by atoms with Gasteiger partial charge in [-0.25, -0.2) is 14.6 Å². The third-order valence-corrected chi connectivity index (χ3v) is 5.97. The van der Waals surface area contributed by atoms with Crippen LogP contribution in [-0.4, -0.2) is 76.7 Å². The Bertz CT molecular complexity index is 1090. The maximum Gasteiger partial charge on any atom is 0.414 e. The summed E-state index contributed by atoms with van der Waals surface area (Å²) in [7, 11) is 1.67. The van der Waals surface area contributed by atoms with Crippen LogP contribution in [-0.2, 0) is 16.0 Å². The first kappa shape index (κ1) is 30.3. The average Bonchev–Trinajstić information content (AvgIpc) is 2.86. The van der Waals surface area contributed by atoms with Gasteiger partial charge in [-0.2, -0.15) is 4.98 Å². The van der Waals surface area contributed by atoms with Crippen molar-refractivity contribution in [1.82, 2.24) is 14.9 Å². The molecule has 2 rings (SSSR count). The summed E-state index contributed by atoms with van der Waals surface area (Å²) in [5.74, 6) is -0.199. The topological polar surface area (TPSA) is 128 Å². The fraction of sp³-hybridized carbons (Fsp3) is 0.519. The van der Waals surface area contributed by atoms with Crippen molar-refractivity contribution in [3.05, 3.63) is 36.0 Å². The smallest absolute Gasteiger partial charge is 0.414 e. The van der Waals surface area contributed by atoms with Gasteiger partial charge in [0.15, 0.2) is 5.82 Å². The highest BCUT2D eigenvalue weighted by Gasteiger charge is 2.26. The van der Waals surface area contributed by atoms with E-state index in [1.54, 1.807) is 37.5 Å². The molecule has 38 heavy (non-hydrogen) atoms. The zero-order valence-corrected chi connectivity index (χ0v) is 23.4. The Labute approximate surface area is 224 Å². The molecule has 0 saturated carbocycles. The maximum absolute atomic E-state index is 12.4. The molecule has 11 nitrogen and oxygen atoms in total. The van der Waals surface area contributed by atoms with Crippen LogP contribution in [0, 0.1) is 0 Å². The summed E-state index contributed by atoms with van der Waals surface area (Å²) < 4.78 is 5.37. The maximum atomic E-state index is 12.4. The van der Waals surface area contributed by atoms with Crippen molar-refractivity contribution < 1.29 is 24.2 Å². The molecular weight excluding hydrogens is 488 g/mol. The summed E-state index contributed by atoms with van der Waals surface area (Å²) in [5, 5.41) is 13.1. The lowest BCUT2D eigenvalue weighted by Gasteiger charge is -2.29. The fourth-order valence-corrected chi connectivity index (χ4v) is 4.02. The van der Waals surface area contributed by atoms with Crippen molar-refractivity contribution in [3.8, 4) is 5.75 Å². The number of hydrogen-bond acceptors (Lipinski definition) is 8. The number of carbonyl (C=O) groups excluding carboxylic acids is 2. The Hall–Kier alpha value is -3.89. The second-order valence-electron chi connectivity index (χ2n) is 9.23. The molecule has 0 aliphatic heterocycles. The van der Waals surface area contributed by atoms with Gasteiger partial charge in [0.1, 0.15) is 17.5 Å². The van der Waals surface area contributed by atoms with Crippen LogP contribution in [0.2, 0.25) is 0 Å². The number of amides is 2. The van der Waals surface area contributed by atoms with E-state index in [2.05, 4.69) is 15.3 Å². The van der Waals surface area contributed by atoms with E-state index >= 15 is 0 Å². The highest BCUT2D eigenvalue weighted by atomic mass is 16.6. The average molecular weight is 529 g/mol. The second-order valence-corrected chi connectivity index (χ2v) is 9.23. The molecule has 2 amide bonds. The van der Waals surface area contributed by atoms with Crippen LogP contribution in [0.4, 0.5) is 22.2 Å².